The quantitative estimate of drug-likeness (QED) is 0.438. The molecule has 156 valence electrons. The SMILES string of the molecule is CCn1c([O-])c(-c2cccc(-c3ccccc3)c2)c(=O)[n+]2c1CCC2c1cnc(Cl)s1. The van der Waals surface area contributed by atoms with E-state index in [1.807, 2.05) is 61.5 Å². The highest BCUT2D eigenvalue weighted by Gasteiger charge is 2.37. The van der Waals surface area contributed by atoms with Gasteiger partial charge in [-0.3, -0.25) is 0 Å². The minimum Gasteiger partial charge on any atom is -0.842 e. The van der Waals surface area contributed by atoms with Gasteiger partial charge in [0.05, 0.1) is 23.7 Å². The van der Waals surface area contributed by atoms with Crippen LogP contribution >= 0.6 is 22.9 Å². The zero-order valence-electron chi connectivity index (χ0n) is 16.9. The van der Waals surface area contributed by atoms with Gasteiger partial charge in [0.25, 0.3) is 5.82 Å². The van der Waals surface area contributed by atoms with Crippen LogP contribution in [0, 0.1) is 0 Å². The summed E-state index contributed by atoms with van der Waals surface area (Å²) in [6.07, 6.45) is 3.15. The first-order valence-corrected chi connectivity index (χ1v) is 11.4. The smallest absolute Gasteiger partial charge is 0.345 e. The molecule has 0 bridgehead atoms. The third-order valence-electron chi connectivity index (χ3n) is 5.83. The predicted molar refractivity (Wildman–Crippen MR) is 120 cm³/mol. The van der Waals surface area contributed by atoms with Gasteiger partial charge in [0.2, 0.25) is 0 Å². The van der Waals surface area contributed by atoms with Crippen molar-refractivity contribution in [1.82, 2.24) is 9.55 Å². The molecule has 0 saturated carbocycles. The maximum Gasteiger partial charge on any atom is 0.345 e. The van der Waals surface area contributed by atoms with E-state index in [0.29, 0.717) is 23.0 Å². The van der Waals surface area contributed by atoms with Gasteiger partial charge >= 0.3 is 5.56 Å². The van der Waals surface area contributed by atoms with Gasteiger partial charge in [-0.15, -0.1) is 11.3 Å². The van der Waals surface area contributed by atoms with E-state index in [9.17, 15) is 9.90 Å². The number of thiazole rings is 1. The lowest BCUT2D eigenvalue weighted by molar-refractivity contribution is -0.724. The molecule has 1 unspecified atom stereocenters. The molecule has 0 radical (unpaired) electrons. The molecular formula is C24H20ClN3O2S. The van der Waals surface area contributed by atoms with E-state index < -0.39 is 0 Å². The molecule has 2 aromatic heterocycles. The fourth-order valence-corrected chi connectivity index (χ4v) is 5.51. The number of halogens is 1. The number of rotatable bonds is 4. The molecule has 1 aliphatic heterocycles. The molecule has 0 fully saturated rings. The molecule has 0 aliphatic carbocycles. The molecule has 5 nitrogen and oxygen atoms in total. The first kappa shape index (κ1) is 20.0. The Morgan fingerprint density at radius 1 is 1.16 bits per heavy atom. The lowest BCUT2D eigenvalue weighted by Gasteiger charge is -2.19. The van der Waals surface area contributed by atoms with E-state index >= 15 is 0 Å². The molecule has 0 amide bonds. The first-order chi connectivity index (χ1) is 15.1. The molecule has 0 N–H and O–H groups in total. The van der Waals surface area contributed by atoms with Gasteiger partial charge in [-0.25, -0.2) is 14.3 Å². The van der Waals surface area contributed by atoms with Crippen LogP contribution in [0.25, 0.3) is 22.3 Å². The second-order valence-electron chi connectivity index (χ2n) is 7.53. The Hall–Kier alpha value is -2.96. The molecule has 5 rings (SSSR count). The summed E-state index contributed by atoms with van der Waals surface area (Å²) in [5.74, 6) is 0.543. The van der Waals surface area contributed by atoms with E-state index in [-0.39, 0.29) is 23.0 Å². The first-order valence-electron chi connectivity index (χ1n) is 10.2. The van der Waals surface area contributed by atoms with Gasteiger partial charge in [0, 0.05) is 12.6 Å². The standard InChI is InChI=1S/C24H20ClN3O2S/c1-2-27-20-12-11-18(19-14-26-24(25)31-19)28(20)23(30)21(22(27)29)17-10-6-9-16(13-17)15-7-4-3-5-8-15/h3-10,13-14,18H,2,11-12H2,1H3. The van der Waals surface area contributed by atoms with Crippen molar-refractivity contribution >= 4 is 22.9 Å². The van der Waals surface area contributed by atoms with E-state index in [1.54, 1.807) is 15.3 Å². The Bertz CT molecular complexity index is 1330. The summed E-state index contributed by atoms with van der Waals surface area (Å²) in [4.78, 5) is 18.8. The number of hydrogen-bond donors (Lipinski definition) is 0. The summed E-state index contributed by atoms with van der Waals surface area (Å²) >= 11 is 7.44. The Morgan fingerprint density at radius 3 is 2.61 bits per heavy atom. The summed E-state index contributed by atoms with van der Waals surface area (Å²) in [6.45, 7) is 2.45. The van der Waals surface area contributed by atoms with E-state index in [2.05, 4.69) is 4.98 Å². The van der Waals surface area contributed by atoms with Gasteiger partial charge in [0.1, 0.15) is 11.6 Å². The van der Waals surface area contributed by atoms with Gasteiger partial charge in [0.15, 0.2) is 4.47 Å². The fourth-order valence-electron chi connectivity index (χ4n) is 4.43. The number of aromatic nitrogens is 3. The van der Waals surface area contributed by atoms with Crippen LogP contribution in [0.1, 0.15) is 30.1 Å². The third kappa shape index (κ3) is 3.36. The van der Waals surface area contributed by atoms with Crippen molar-refractivity contribution in [2.24, 2.45) is 0 Å². The van der Waals surface area contributed by atoms with Crippen molar-refractivity contribution in [3.63, 3.8) is 0 Å². The lowest BCUT2D eigenvalue weighted by Crippen LogP contribution is -2.55. The van der Waals surface area contributed by atoms with Crippen molar-refractivity contribution in [1.29, 1.82) is 0 Å². The zero-order chi connectivity index (χ0) is 21.5. The van der Waals surface area contributed by atoms with Crippen molar-refractivity contribution in [2.75, 3.05) is 0 Å². The summed E-state index contributed by atoms with van der Waals surface area (Å²) in [6, 6.07) is 17.4. The minimum atomic E-state index is -0.248. The van der Waals surface area contributed by atoms with Crippen LogP contribution in [-0.2, 0) is 13.0 Å². The molecular weight excluding hydrogens is 430 g/mol. The molecule has 3 heterocycles. The Balaban J connectivity index is 1.72. The van der Waals surface area contributed by atoms with Crippen LogP contribution in [0.5, 0.6) is 5.88 Å². The minimum absolute atomic E-state index is 0.151. The highest BCUT2D eigenvalue weighted by atomic mass is 35.5. The summed E-state index contributed by atoms with van der Waals surface area (Å²) in [5.41, 5.74) is 2.62. The van der Waals surface area contributed by atoms with Crippen LogP contribution in [0.3, 0.4) is 0 Å². The largest absolute Gasteiger partial charge is 0.842 e. The van der Waals surface area contributed by atoms with Gasteiger partial charge in [-0.1, -0.05) is 60.1 Å². The number of hydrogen-bond acceptors (Lipinski definition) is 4. The van der Waals surface area contributed by atoms with Crippen LogP contribution in [0.4, 0.5) is 0 Å². The molecule has 0 saturated heterocycles. The Morgan fingerprint density at radius 2 is 1.90 bits per heavy atom. The maximum absolute atomic E-state index is 13.7. The number of fused-ring (bicyclic) bond motifs is 1. The van der Waals surface area contributed by atoms with Crippen molar-refractivity contribution in [3.8, 4) is 28.1 Å². The van der Waals surface area contributed by atoms with Crippen LogP contribution in [-0.4, -0.2) is 9.55 Å². The lowest BCUT2D eigenvalue weighted by atomic mass is 10.00. The monoisotopic (exact) mass is 449 g/mol. The highest BCUT2D eigenvalue weighted by molar-refractivity contribution is 7.15. The fraction of sp³-hybridized carbons (Fsp3) is 0.208. The average molecular weight is 450 g/mol. The summed E-state index contributed by atoms with van der Waals surface area (Å²) < 4.78 is 3.96. The van der Waals surface area contributed by atoms with E-state index in [4.69, 9.17) is 11.6 Å². The molecule has 7 heteroatoms. The number of nitrogens with zero attached hydrogens (tertiary/aromatic N) is 3. The average Bonchev–Trinajstić information content (AvgIpc) is 3.41. The van der Waals surface area contributed by atoms with Gasteiger partial charge in [-0.05, 0) is 29.7 Å². The van der Waals surface area contributed by atoms with Gasteiger partial charge < -0.3 is 5.11 Å². The predicted octanol–water partition coefficient (Wildman–Crippen LogP) is 4.21. The van der Waals surface area contributed by atoms with Crippen molar-refractivity contribution in [2.45, 2.75) is 32.4 Å². The highest BCUT2D eigenvalue weighted by Crippen LogP contribution is 2.33. The normalized spacial score (nSPS) is 15.2. The topological polar surface area (TPSA) is 61.8 Å². The molecule has 1 aliphatic rings. The molecule has 4 aromatic rings. The second kappa shape index (κ2) is 7.94. The summed E-state index contributed by atoms with van der Waals surface area (Å²) in [5, 5.41) is 13.4. The van der Waals surface area contributed by atoms with Crippen LogP contribution in [0.2, 0.25) is 4.47 Å². The molecule has 2 aromatic carbocycles. The molecule has 0 spiro atoms. The van der Waals surface area contributed by atoms with Crippen molar-refractivity contribution < 1.29 is 9.67 Å². The zero-order valence-corrected chi connectivity index (χ0v) is 18.5. The van der Waals surface area contributed by atoms with Crippen molar-refractivity contribution in [3.05, 3.63) is 86.3 Å². The van der Waals surface area contributed by atoms with Crippen LogP contribution in [0.15, 0.2) is 65.6 Å². The Labute approximate surface area is 188 Å². The second-order valence-corrected chi connectivity index (χ2v) is 9.18. The van der Waals surface area contributed by atoms with E-state index in [0.717, 1.165) is 28.2 Å². The third-order valence-corrected chi connectivity index (χ3v) is 7.05. The van der Waals surface area contributed by atoms with Crippen LogP contribution < -0.4 is 15.2 Å². The number of benzene rings is 2. The molecule has 1 atom stereocenters. The maximum atomic E-state index is 13.7. The van der Waals surface area contributed by atoms with Gasteiger partial charge in [-0.2, -0.15) is 4.57 Å². The Kier molecular flexibility index (Phi) is 5.12. The van der Waals surface area contributed by atoms with E-state index in [1.165, 1.54) is 11.3 Å². The summed E-state index contributed by atoms with van der Waals surface area (Å²) in [7, 11) is 0. The molecule has 31 heavy (non-hydrogen) atoms.